The van der Waals surface area contributed by atoms with Crippen molar-refractivity contribution in [2.75, 3.05) is 11.9 Å². The number of rotatable bonds is 3. The Morgan fingerprint density at radius 3 is 2.76 bits per heavy atom. The number of phenolic OH excluding ortho intramolecular Hbond substituents is 1. The molecule has 0 radical (unpaired) electrons. The second-order valence-corrected chi connectivity index (χ2v) is 5.66. The van der Waals surface area contributed by atoms with E-state index in [4.69, 9.17) is 0 Å². The van der Waals surface area contributed by atoms with E-state index in [0.29, 0.717) is 18.7 Å². The Hall–Kier alpha value is -2.24. The molecule has 1 unspecified atom stereocenters. The molecule has 0 aliphatic carbocycles. The van der Waals surface area contributed by atoms with Crippen LogP contribution < -0.4 is 10.6 Å². The third-order valence-corrected chi connectivity index (χ3v) is 3.52. The van der Waals surface area contributed by atoms with Gasteiger partial charge >= 0.3 is 6.03 Å². The average molecular weight is 291 g/mol. The number of benzene rings is 1. The maximum atomic E-state index is 12.0. The van der Waals surface area contributed by atoms with E-state index in [1.165, 1.54) is 6.07 Å². The van der Waals surface area contributed by atoms with Crippen LogP contribution in [0.2, 0.25) is 0 Å². The average Bonchev–Trinajstić information content (AvgIpc) is 2.74. The van der Waals surface area contributed by atoms with Gasteiger partial charge in [0.15, 0.2) is 0 Å². The molecule has 21 heavy (non-hydrogen) atoms. The number of carbonyl (C=O) groups excluding carboxylic acids is 2. The Balaban J connectivity index is 1.94. The summed E-state index contributed by atoms with van der Waals surface area (Å²) in [5, 5.41) is 15.1. The molecule has 1 aliphatic rings. The highest BCUT2D eigenvalue weighted by atomic mass is 16.3. The summed E-state index contributed by atoms with van der Waals surface area (Å²) < 4.78 is 0. The Bertz CT molecular complexity index is 557. The van der Waals surface area contributed by atoms with E-state index in [1.807, 2.05) is 20.8 Å². The second kappa shape index (κ2) is 6.03. The molecule has 1 aromatic carbocycles. The Kier molecular flexibility index (Phi) is 4.35. The van der Waals surface area contributed by atoms with Gasteiger partial charge in [-0.05, 0) is 38.5 Å². The van der Waals surface area contributed by atoms with Gasteiger partial charge in [0.25, 0.3) is 0 Å². The molecule has 1 atom stereocenters. The standard InChI is InChI=1S/C15H21N3O3/c1-9(2)18-8-11(7-14(18)20)16-15(21)17-12-6-10(3)4-5-13(12)19/h4-6,9,11,19H,7-8H2,1-3H3,(H2,16,17,21). The maximum Gasteiger partial charge on any atom is 0.319 e. The maximum absolute atomic E-state index is 12.0. The first-order valence-electron chi connectivity index (χ1n) is 7.03. The van der Waals surface area contributed by atoms with Crippen molar-refractivity contribution in [3.8, 4) is 5.75 Å². The van der Waals surface area contributed by atoms with Crippen LogP contribution in [0.5, 0.6) is 5.75 Å². The number of hydrogen-bond acceptors (Lipinski definition) is 3. The summed E-state index contributed by atoms with van der Waals surface area (Å²) in [7, 11) is 0. The molecule has 0 aromatic heterocycles. The lowest BCUT2D eigenvalue weighted by molar-refractivity contribution is -0.129. The largest absolute Gasteiger partial charge is 0.506 e. The van der Waals surface area contributed by atoms with Gasteiger partial charge in [-0.3, -0.25) is 4.79 Å². The van der Waals surface area contributed by atoms with Gasteiger partial charge in [0.1, 0.15) is 5.75 Å². The molecule has 2 rings (SSSR count). The topological polar surface area (TPSA) is 81.7 Å². The van der Waals surface area contributed by atoms with Crippen LogP contribution in [0.3, 0.4) is 0 Å². The number of nitrogens with zero attached hydrogens (tertiary/aromatic N) is 1. The smallest absolute Gasteiger partial charge is 0.319 e. The zero-order valence-corrected chi connectivity index (χ0v) is 12.5. The van der Waals surface area contributed by atoms with E-state index in [9.17, 15) is 14.7 Å². The lowest BCUT2D eigenvalue weighted by atomic mass is 10.2. The van der Waals surface area contributed by atoms with E-state index in [0.717, 1.165) is 5.56 Å². The van der Waals surface area contributed by atoms with Crippen LogP contribution in [0.25, 0.3) is 0 Å². The van der Waals surface area contributed by atoms with E-state index in [-0.39, 0.29) is 23.7 Å². The van der Waals surface area contributed by atoms with Crippen molar-refractivity contribution in [1.82, 2.24) is 10.2 Å². The van der Waals surface area contributed by atoms with Gasteiger partial charge in [0.2, 0.25) is 5.91 Å². The lowest BCUT2D eigenvalue weighted by Crippen LogP contribution is -2.40. The highest BCUT2D eigenvalue weighted by Crippen LogP contribution is 2.23. The molecule has 0 bridgehead atoms. The van der Waals surface area contributed by atoms with E-state index in [2.05, 4.69) is 10.6 Å². The van der Waals surface area contributed by atoms with Gasteiger partial charge in [-0.2, -0.15) is 0 Å². The van der Waals surface area contributed by atoms with Gasteiger partial charge in [-0.15, -0.1) is 0 Å². The molecule has 3 amide bonds. The fourth-order valence-corrected chi connectivity index (χ4v) is 2.42. The molecular formula is C15H21N3O3. The van der Waals surface area contributed by atoms with Gasteiger partial charge < -0.3 is 20.6 Å². The van der Waals surface area contributed by atoms with Gasteiger partial charge in [-0.25, -0.2) is 4.79 Å². The number of hydrogen-bond donors (Lipinski definition) is 3. The number of anilines is 1. The summed E-state index contributed by atoms with van der Waals surface area (Å²) in [5.41, 5.74) is 1.29. The number of phenols is 1. The predicted molar refractivity (Wildman–Crippen MR) is 80.3 cm³/mol. The molecule has 114 valence electrons. The first-order valence-corrected chi connectivity index (χ1v) is 7.03. The lowest BCUT2D eigenvalue weighted by Gasteiger charge is -2.21. The molecule has 1 aromatic rings. The van der Waals surface area contributed by atoms with Crippen LogP contribution in [0, 0.1) is 6.92 Å². The van der Waals surface area contributed by atoms with Crippen molar-refractivity contribution < 1.29 is 14.7 Å². The monoisotopic (exact) mass is 291 g/mol. The highest BCUT2D eigenvalue weighted by Gasteiger charge is 2.31. The summed E-state index contributed by atoms with van der Waals surface area (Å²) >= 11 is 0. The summed E-state index contributed by atoms with van der Waals surface area (Å²) in [6.45, 7) is 6.29. The third kappa shape index (κ3) is 3.65. The Labute approximate surface area is 124 Å². The molecule has 6 nitrogen and oxygen atoms in total. The minimum absolute atomic E-state index is 0.0158. The van der Waals surface area contributed by atoms with E-state index in [1.54, 1.807) is 17.0 Å². The number of amides is 3. The molecule has 1 aliphatic heterocycles. The van der Waals surface area contributed by atoms with Crippen molar-refractivity contribution in [2.45, 2.75) is 39.3 Å². The Morgan fingerprint density at radius 1 is 1.43 bits per heavy atom. The number of aromatic hydroxyl groups is 1. The zero-order chi connectivity index (χ0) is 15.6. The molecular weight excluding hydrogens is 270 g/mol. The second-order valence-electron chi connectivity index (χ2n) is 5.66. The molecule has 1 heterocycles. The van der Waals surface area contributed by atoms with Crippen LogP contribution in [0.1, 0.15) is 25.8 Å². The quantitative estimate of drug-likeness (QED) is 0.743. The number of carbonyl (C=O) groups is 2. The third-order valence-electron chi connectivity index (χ3n) is 3.52. The van der Waals surface area contributed by atoms with Crippen LogP contribution >= 0.6 is 0 Å². The van der Waals surface area contributed by atoms with Crippen LogP contribution in [0.15, 0.2) is 18.2 Å². The van der Waals surface area contributed by atoms with Crippen LogP contribution in [-0.2, 0) is 4.79 Å². The van der Waals surface area contributed by atoms with Crippen molar-refractivity contribution in [2.24, 2.45) is 0 Å². The number of likely N-dealkylation sites (tertiary alicyclic amines) is 1. The zero-order valence-electron chi connectivity index (χ0n) is 12.5. The summed E-state index contributed by atoms with van der Waals surface area (Å²) in [6.07, 6.45) is 0.311. The Morgan fingerprint density at radius 2 is 2.14 bits per heavy atom. The number of nitrogens with one attached hydrogen (secondary N) is 2. The summed E-state index contributed by atoms with van der Waals surface area (Å²) in [6, 6.07) is 4.49. The number of urea groups is 1. The predicted octanol–water partition coefficient (Wildman–Crippen LogP) is 1.83. The van der Waals surface area contributed by atoms with Crippen LogP contribution in [0.4, 0.5) is 10.5 Å². The fourth-order valence-electron chi connectivity index (χ4n) is 2.42. The van der Waals surface area contributed by atoms with Crippen molar-refractivity contribution in [3.05, 3.63) is 23.8 Å². The summed E-state index contributed by atoms with van der Waals surface area (Å²) in [5.74, 6) is 0.0655. The van der Waals surface area contributed by atoms with Crippen molar-refractivity contribution >= 4 is 17.6 Å². The van der Waals surface area contributed by atoms with Gasteiger partial charge in [0, 0.05) is 19.0 Å². The van der Waals surface area contributed by atoms with E-state index >= 15 is 0 Å². The molecule has 0 saturated carbocycles. The fraction of sp³-hybridized carbons (Fsp3) is 0.467. The van der Waals surface area contributed by atoms with Crippen LogP contribution in [-0.4, -0.2) is 40.6 Å². The SMILES string of the molecule is Cc1ccc(O)c(NC(=O)NC2CC(=O)N(C(C)C)C2)c1. The minimum atomic E-state index is -0.417. The van der Waals surface area contributed by atoms with Crippen molar-refractivity contribution in [1.29, 1.82) is 0 Å². The molecule has 1 fully saturated rings. The van der Waals surface area contributed by atoms with Gasteiger partial charge in [-0.1, -0.05) is 6.07 Å². The molecule has 3 N–H and O–H groups in total. The molecule has 6 heteroatoms. The highest BCUT2D eigenvalue weighted by molar-refractivity contribution is 5.92. The summed E-state index contributed by atoms with van der Waals surface area (Å²) in [4.78, 5) is 25.5. The minimum Gasteiger partial charge on any atom is -0.506 e. The number of aryl methyl sites for hydroxylation is 1. The first-order chi connectivity index (χ1) is 9.86. The molecule has 1 saturated heterocycles. The molecule has 0 spiro atoms. The normalized spacial score (nSPS) is 18.2. The van der Waals surface area contributed by atoms with Gasteiger partial charge in [0.05, 0.1) is 11.7 Å². The van der Waals surface area contributed by atoms with Crippen molar-refractivity contribution in [3.63, 3.8) is 0 Å². The van der Waals surface area contributed by atoms with E-state index < -0.39 is 6.03 Å². The first kappa shape index (κ1) is 15.2.